The van der Waals surface area contributed by atoms with Crippen LogP contribution in [0.4, 0.5) is 11.4 Å². The van der Waals surface area contributed by atoms with E-state index in [0.29, 0.717) is 8.68 Å². The second-order valence-corrected chi connectivity index (χ2v) is 12.2. The van der Waals surface area contributed by atoms with E-state index in [0.717, 1.165) is 55.3 Å². The topological polar surface area (TPSA) is 66.4 Å². The second kappa shape index (κ2) is 9.78. The molecule has 0 fully saturated rings. The number of thioether (sulfide) groups is 2. The molecule has 2 heterocycles. The number of hydrogen-bond donors (Lipinski definition) is 0. The van der Waals surface area contributed by atoms with Crippen molar-refractivity contribution in [1.82, 2.24) is 9.97 Å². The van der Waals surface area contributed by atoms with Crippen LogP contribution in [0.3, 0.4) is 0 Å². The molecule has 32 heavy (non-hydrogen) atoms. The van der Waals surface area contributed by atoms with Crippen LogP contribution in [0.15, 0.2) is 45.1 Å². The van der Waals surface area contributed by atoms with Crippen LogP contribution in [0, 0.1) is 0 Å². The predicted octanol–water partition coefficient (Wildman–Crippen LogP) is 5.76. The Bertz CT molecular complexity index is 1200. The van der Waals surface area contributed by atoms with Gasteiger partial charge in [-0.3, -0.25) is 9.59 Å². The van der Waals surface area contributed by atoms with Crippen molar-refractivity contribution in [3.05, 3.63) is 36.4 Å². The first-order valence-electron chi connectivity index (χ1n) is 9.85. The van der Waals surface area contributed by atoms with Crippen LogP contribution in [-0.2, 0) is 9.59 Å². The zero-order valence-corrected chi connectivity index (χ0v) is 21.4. The van der Waals surface area contributed by atoms with E-state index in [-0.39, 0.29) is 23.1 Å². The van der Waals surface area contributed by atoms with Gasteiger partial charge in [0.2, 0.25) is 0 Å². The Kier molecular flexibility index (Phi) is 7.04. The fourth-order valence-corrected chi connectivity index (χ4v) is 6.80. The summed E-state index contributed by atoms with van der Waals surface area (Å²) in [7, 11) is 7.93. The molecule has 0 saturated heterocycles. The maximum atomic E-state index is 12.4. The van der Waals surface area contributed by atoms with E-state index in [9.17, 15) is 9.59 Å². The minimum absolute atomic E-state index is 0.0502. The van der Waals surface area contributed by atoms with Crippen molar-refractivity contribution in [3.63, 3.8) is 0 Å². The Morgan fingerprint density at radius 3 is 1.53 bits per heavy atom. The Hall–Kier alpha value is -2.14. The van der Waals surface area contributed by atoms with E-state index in [2.05, 4.69) is 9.97 Å². The number of hydrogen-bond acceptors (Lipinski definition) is 10. The largest absolute Gasteiger partial charge is 0.378 e. The Morgan fingerprint density at radius 1 is 0.750 bits per heavy atom. The van der Waals surface area contributed by atoms with Crippen LogP contribution in [0.2, 0.25) is 0 Å². The van der Waals surface area contributed by atoms with Gasteiger partial charge in [0.25, 0.3) is 0 Å². The van der Waals surface area contributed by atoms with Crippen molar-refractivity contribution in [2.45, 2.75) is 21.5 Å². The van der Waals surface area contributed by atoms with E-state index in [4.69, 9.17) is 0 Å². The smallest absolute Gasteiger partial charge is 0.196 e. The monoisotopic (exact) mass is 502 g/mol. The lowest BCUT2D eigenvalue weighted by molar-refractivity contribution is -0.115. The highest BCUT2D eigenvalue weighted by molar-refractivity contribution is 8.15. The summed E-state index contributed by atoms with van der Waals surface area (Å²) in [5, 5.41) is -0.100. The molecule has 0 amide bonds. The standard InChI is InChI=1S/C22H22N4O2S4/c1-25(2)13-5-7-17-15(11-13)23-21(29-17)31-19(27)9-10-20(28)32-22-24-16-12-14(26(3)4)6-8-18(16)30-22/h5-8,11-12H,9-10H2,1-4H3. The maximum absolute atomic E-state index is 12.4. The van der Waals surface area contributed by atoms with Gasteiger partial charge in [-0.15, -0.1) is 22.7 Å². The van der Waals surface area contributed by atoms with Gasteiger partial charge in [-0.1, -0.05) is 0 Å². The van der Waals surface area contributed by atoms with Gasteiger partial charge in [0.1, 0.15) is 0 Å². The molecule has 2 aromatic heterocycles. The molecule has 6 nitrogen and oxygen atoms in total. The van der Waals surface area contributed by atoms with Gasteiger partial charge in [0.15, 0.2) is 18.9 Å². The molecule has 0 unspecified atom stereocenters. The molecular formula is C22H22N4O2S4. The summed E-state index contributed by atoms with van der Waals surface area (Å²) in [6, 6.07) is 12.2. The average Bonchev–Trinajstić information content (AvgIpc) is 3.33. The molecule has 4 rings (SSSR count). The van der Waals surface area contributed by atoms with Crippen LogP contribution >= 0.6 is 46.2 Å². The van der Waals surface area contributed by atoms with Gasteiger partial charge >= 0.3 is 0 Å². The number of carbonyl (C=O) groups is 2. The first-order chi connectivity index (χ1) is 15.3. The van der Waals surface area contributed by atoms with Crippen molar-refractivity contribution < 1.29 is 9.59 Å². The van der Waals surface area contributed by atoms with Crippen LogP contribution in [0.1, 0.15) is 12.8 Å². The summed E-state index contributed by atoms with van der Waals surface area (Å²) in [5.41, 5.74) is 3.91. The number of fused-ring (bicyclic) bond motifs is 2. The summed E-state index contributed by atoms with van der Waals surface area (Å²) in [5.74, 6) is 0. The van der Waals surface area contributed by atoms with Crippen molar-refractivity contribution in [2.75, 3.05) is 38.0 Å². The van der Waals surface area contributed by atoms with Gasteiger partial charge in [-0.05, 0) is 59.9 Å². The first-order valence-corrected chi connectivity index (χ1v) is 13.1. The highest BCUT2D eigenvalue weighted by Gasteiger charge is 2.15. The molecule has 2 aromatic carbocycles. The van der Waals surface area contributed by atoms with Crippen molar-refractivity contribution in [3.8, 4) is 0 Å². The SMILES string of the molecule is CN(C)c1ccc2sc(SC(=O)CCC(=O)Sc3nc4cc(N(C)C)ccc4s3)nc2c1. The maximum Gasteiger partial charge on any atom is 0.196 e. The average molecular weight is 503 g/mol. The molecule has 0 saturated carbocycles. The van der Waals surface area contributed by atoms with E-state index in [1.165, 1.54) is 22.7 Å². The Labute approximate surface area is 203 Å². The highest BCUT2D eigenvalue weighted by Crippen LogP contribution is 2.34. The number of rotatable bonds is 7. The molecule has 0 aliphatic rings. The Balaban J connectivity index is 1.32. The summed E-state index contributed by atoms with van der Waals surface area (Å²) >= 11 is 5.23. The lowest BCUT2D eigenvalue weighted by atomic mass is 10.3. The van der Waals surface area contributed by atoms with Gasteiger partial charge in [0.05, 0.1) is 20.4 Å². The summed E-state index contributed by atoms with van der Waals surface area (Å²) in [6.45, 7) is 0. The minimum atomic E-state index is -0.0502. The number of benzene rings is 2. The van der Waals surface area contributed by atoms with E-state index < -0.39 is 0 Å². The number of anilines is 2. The lowest BCUT2D eigenvalue weighted by Gasteiger charge is -2.11. The van der Waals surface area contributed by atoms with Crippen LogP contribution < -0.4 is 9.80 Å². The molecule has 0 atom stereocenters. The molecular weight excluding hydrogens is 481 g/mol. The fraction of sp³-hybridized carbons (Fsp3) is 0.273. The third kappa shape index (κ3) is 5.43. The second-order valence-electron chi connectivity index (χ2n) is 7.50. The summed E-state index contributed by atoms with van der Waals surface area (Å²) in [6.07, 6.45) is 0.371. The molecule has 0 aliphatic carbocycles. The third-order valence-corrected chi connectivity index (χ3v) is 8.73. The predicted molar refractivity (Wildman–Crippen MR) is 139 cm³/mol. The molecule has 166 valence electrons. The number of aromatic nitrogens is 2. The zero-order chi connectivity index (χ0) is 22.8. The molecule has 10 heteroatoms. The Morgan fingerprint density at radius 2 is 1.16 bits per heavy atom. The molecule has 0 spiro atoms. The van der Waals surface area contributed by atoms with Crippen LogP contribution in [0.5, 0.6) is 0 Å². The van der Waals surface area contributed by atoms with E-state index in [1.54, 1.807) is 0 Å². The molecule has 4 aromatic rings. The van der Waals surface area contributed by atoms with Gasteiger partial charge < -0.3 is 9.80 Å². The number of carbonyl (C=O) groups excluding carboxylic acids is 2. The van der Waals surface area contributed by atoms with Gasteiger partial charge in [-0.25, -0.2) is 9.97 Å². The summed E-state index contributed by atoms with van der Waals surface area (Å²) < 4.78 is 3.52. The minimum Gasteiger partial charge on any atom is -0.378 e. The zero-order valence-electron chi connectivity index (χ0n) is 18.1. The molecule has 0 bridgehead atoms. The number of nitrogens with zero attached hydrogens (tertiary/aromatic N) is 4. The highest BCUT2D eigenvalue weighted by atomic mass is 32.2. The van der Waals surface area contributed by atoms with E-state index in [1.807, 2.05) is 74.4 Å². The van der Waals surface area contributed by atoms with Crippen molar-refractivity contribution in [2.24, 2.45) is 0 Å². The molecule has 0 aliphatic heterocycles. The number of thiazole rings is 2. The van der Waals surface area contributed by atoms with Crippen molar-refractivity contribution in [1.29, 1.82) is 0 Å². The normalized spacial score (nSPS) is 11.2. The van der Waals surface area contributed by atoms with Crippen LogP contribution in [0.25, 0.3) is 20.4 Å². The summed E-state index contributed by atoms with van der Waals surface area (Å²) in [4.78, 5) is 38.0. The van der Waals surface area contributed by atoms with E-state index >= 15 is 0 Å². The molecule has 0 N–H and O–H groups in total. The lowest BCUT2D eigenvalue weighted by Crippen LogP contribution is -2.07. The third-order valence-electron chi connectivity index (χ3n) is 4.67. The quantitative estimate of drug-likeness (QED) is 0.296. The first kappa shape index (κ1) is 23.0. The van der Waals surface area contributed by atoms with Gasteiger partial charge in [0, 0.05) is 52.4 Å². The van der Waals surface area contributed by atoms with Crippen molar-refractivity contribution >= 4 is 88.2 Å². The fourth-order valence-electron chi connectivity index (χ4n) is 2.93. The van der Waals surface area contributed by atoms with Crippen LogP contribution in [-0.4, -0.2) is 48.4 Å². The molecule has 0 radical (unpaired) electrons. The van der Waals surface area contributed by atoms with Gasteiger partial charge in [-0.2, -0.15) is 0 Å².